The van der Waals surface area contributed by atoms with Crippen LogP contribution in [0.25, 0.3) is 11.8 Å². The van der Waals surface area contributed by atoms with Crippen LogP contribution in [0.1, 0.15) is 46.1 Å². The molecule has 2 aromatic carbocycles. The Morgan fingerprint density at radius 1 is 0.970 bits per heavy atom. The van der Waals surface area contributed by atoms with E-state index in [4.69, 9.17) is 4.99 Å². The number of carbonyl (C=O) groups is 1. The van der Waals surface area contributed by atoms with Gasteiger partial charge in [-0.1, -0.05) is 31.2 Å². The van der Waals surface area contributed by atoms with Crippen molar-refractivity contribution in [3.05, 3.63) is 86.6 Å². The molecule has 170 valence electrons. The quantitative estimate of drug-likeness (QED) is 0.403. The summed E-state index contributed by atoms with van der Waals surface area (Å²) in [6.45, 7) is 12.8. The summed E-state index contributed by atoms with van der Waals surface area (Å²) in [6, 6.07) is 14.8. The summed E-state index contributed by atoms with van der Waals surface area (Å²) < 4.78 is 2.32. The van der Waals surface area contributed by atoms with Crippen molar-refractivity contribution in [1.82, 2.24) is 9.47 Å². The molecular formula is C28H31N3OS. The number of aromatic nitrogens is 1. The van der Waals surface area contributed by atoms with Gasteiger partial charge in [0.05, 0.1) is 16.3 Å². The van der Waals surface area contributed by atoms with Gasteiger partial charge in [0.15, 0.2) is 5.17 Å². The molecule has 1 amide bonds. The Balaban J connectivity index is 1.72. The van der Waals surface area contributed by atoms with Gasteiger partial charge >= 0.3 is 0 Å². The maximum Gasteiger partial charge on any atom is 0.266 e. The van der Waals surface area contributed by atoms with Crippen LogP contribution in [0, 0.1) is 34.6 Å². The molecule has 0 spiro atoms. The molecule has 3 aromatic rings. The zero-order valence-corrected chi connectivity index (χ0v) is 21.3. The highest BCUT2D eigenvalue weighted by atomic mass is 32.2. The smallest absolute Gasteiger partial charge is 0.266 e. The van der Waals surface area contributed by atoms with Crippen LogP contribution in [0.4, 0.5) is 5.69 Å². The molecule has 0 aliphatic carbocycles. The number of benzene rings is 2. The van der Waals surface area contributed by atoms with E-state index in [0.29, 0.717) is 10.1 Å². The van der Waals surface area contributed by atoms with Gasteiger partial charge < -0.3 is 4.57 Å². The number of amides is 1. The first kappa shape index (κ1) is 23.1. The van der Waals surface area contributed by atoms with E-state index in [1.807, 2.05) is 12.1 Å². The molecule has 2 heterocycles. The van der Waals surface area contributed by atoms with Gasteiger partial charge in [0.25, 0.3) is 5.91 Å². The van der Waals surface area contributed by atoms with Crippen molar-refractivity contribution in [2.45, 2.75) is 48.0 Å². The Kier molecular flexibility index (Phi) is 6.35. The molecule has 5 heteroatoms. The van der Waals surface area contributed by atoms with Crippen LogP contribution in [0.3, 0.4) is 0 Å². The van der Waals surface area contributed by atoms with Crippen molar-refractivity contribution >= 4 is 34.6 Å². The number of amidine groups is 1. The molecule has 1 aliphatic rings. The highest BCUT2D eigenvalue weighted by molar-refractivity contribution is 8.18. The summed E-state index contributed by atoms with van der Waals surface area (Å²) in [5, 5.41) is 0.704. The summed E-state index contributed by atoms with van der Waals surface area (Å²) in [4.78, 5) is 20.1. The fourth-order valence-electron chi connectivity index (χ4n) is 4.30. The second-order valence-corrected chi connectivity index (χ2v) is 9.74. The van der Waals surface area contributed by atoms with Crippen LogP contribution in [0.15, 0.2) is 52.4 Å². The molecular weight excluding hydrogens is 426 g/mol. The lowest BCUT2D eigenvalue weighted by Gasteiger charge is -2.17. The topological polar surface area (TPSA) is 37.6 Å². The SMILES string of the molecule is CCc1cccc(C)c1-n1c(C)cc(/C=C2\SC(=Nc3ccc(C)c(C)c3)N(C)C2=O)c1C. The van der Waals surface area contributed by atoms with E-state index < -0.39 is 0 Å². The first-order chi connectivity index (χ1) is 15.7. The van der Waals surface area contributed by atoms with E-state index in [1.54, 1.807) is 11.9 Å². The van der Waals surface area contributed by atoms with Gasteiger partial charge in [0, 0.05) is 18.4 Å². The highest BCUT2D eigenvalue weighted by Gasteiger charge is 2.31. The van der Waals surface area contributed by atoms with Crippen LogP contribution in [0.2, 0.25) is 0 Å². The number of likely N-dealkylation sites (N-methyl/N-ethyl adjacent to an activating group) is 1. The molecule has 0 N–H and O–H groups in total. The minimum atomic E-state index is -0.0162. The molecule has 4 rings (SSSR count). The molecule has 1 fully saturated rings. The number of aliphatic imine (C=N–C) groups is 1. The summed E-state index contributed by atoms with van der Waals surface area (Å²) >= 11 is 1.44. The first-order valence-corrected chi connectivity index (χ1v) is 12.1. The van der Waals surface area contributed by atoms with E-state index in [-0.39, 0.29) is 5.91 Å². The molecule has 1 aliphatic heterocycles. The predicted molar refractivity (Wildman–Crippen MR) is 141 cm³/mol. The molecule has 0 bridgehead atoms. The summed E-state index contributed by atoms with van der Waals surface area (Å²) in [5.74, 6) is -0.0162. The van der Waals surface area contributed by atoms with Crippen molar-refractivity contribution < 1.29 is 4.79 Å². The number of aryl methyl sites for hydroxylation is 5. The second kappa shape index (κ2) is 9.06. The van der Waals surface area contributed by atoms with Gasteiger partial charge in [0.1, 0.15) is 0 Å². The Bertz CT molecular complexity index is 1310. The van der Waals surface area contributed by atoms with E-state index in [9.17, 15) is 4.79 Å². The third-order valence-electron chi connectivity index (χ3n) is 6.40. The molecule has 1 saturated heterocycles. The summed E-state index contributed by atoms with van der Waals surface area (Å²) in [5.41, 5.74) is 10.5. The van der Waals surface area contributed by atoms with Crippen LogP contribution in [0.5, 0.6) is 0 Å². The van der Waals surface area contributed by atoms with Crippen molar-refractivity contribution in [2.24, 2.45) is 4.99 Å². The van der Waals surface area contributed by atoms with E-state index in [1.165, 1.54) is 39.7 Å². The van der Waals surface area contributed by atoms with Crippen LogP contribution < -0.4 is 0 Å². The predicted octanol–water partition coefficient (Wildman–Crippen LogP) is 6.82. The van der Waals surface area contributed by atoms with Crippen LogP contribution in [-0.2, 0) is 11.2 Å². The molecule has 0 atom stereocenters. The highest BCUT2D eigenvalue weighted by Crippen LogP contribution is 2.35. The van der Waals surface area contributed by atoms with Crippen molar-refractivity contribution in [1.29, 1.82) is 0 Å². The van der Waals surface area contributed by atoms with E-state index in [0.717, 1.165) is 29.1 Å². The molecule has 1 aromatic heterocycles. The molecule has 0 saturated carbocycles. The van der Waals surface area contributed by atoms with E-state index >= 15 is 0 Å². The number of rotatable bonds is 4. The average molecular weight is 458 g/mol. The van der Waals surface area contributed by atoms with Crippen molar-refractivity contribution in [3.63, 3.8) is 0 Å². The van der Waals surface area contributed by atoms with Crippen LogP contribution >= 0.6 is 11.8 Å². The summed E-state index contributed by atoms with van der Waals surface area (Å²) in [7, 11) is 1.79. The third-order valence-corrected chi connectivity index (χ3v) is 7.46. The van der Waals surface area contributed by atoms with Crippen molar-refractivity contribution in [2.75, 3.05) is 7.05 Å². The summed E-state index contributed by atoms with van der Waals surface area (Å²) in [6.07, 6.45) is 2.98. The number of hydrogen-bond acceptors (Lipinski definition) is 3. The lowest BCUT2D eigenvalue weighted by molar-refractivity contribution is -0.121. The second-order valence-electron chi connectivity index (χ2n) is 8.74. The minimum Gasteiger partial charge on any atom is -0.317 e. The zero-order valence-electron chi connectivity index (χ0n) is 20.5. The zero-order chi connectivity index (χ0) is 23.9. The fraction of sp³-hybridized carbons (Fsp3) is 0.286. The lowest BCUT2D eigenvalue weighted by Crippen LogP contribution is -2.23. The van der Waals surface area contributed by atoms with Gasteiger partial charge in [-0.25, -0.2) is 4.99 Å². The Morgan fingerprint density at radius 2 is 1.73 bits per heavy atom. The monoisotopic (exact) mass is 457 g/mol. The Hall–Kier alpha value is -3.05. The van der Waals surface area contributed by atoms with Gasteiger partial charge in [-0.05, 0) is 105 Å². The standard InChI is InChI=1S/C28H31N3OS/c1-8-22-11-9-10-18(3)26(22)31-20(5)15-23(21(31)6)16-25-27(32)30(7)28(33-25)29-24-13-12-17(2)19(4)14-24/h9-16H,8H2,1-7H3/b25-16-,29-28?. The van der Waals surface area contributed by atoms with Crippen LogP contribution in [-0.4, -0.2) is 27.6 Å². The Morgan fingerprint density at radius 3 is 2.42 bits per heavy atom. The van der Waals surface area contributed by atoms with Gasteiger partial charge in [-0.3, -0.25) is 9.69 Å². The van der Waals surface area contributed by atoms with E-state index in [2.05, 4.69) is 82.5 Å². The average Bonchev–Trinajstić information content (AvgIpc) is 3.20. The van der Waals surface area contributed by atoms with Gasteiger partial charge in [-0.2, -0.15) is 0 Å². The maximum absolute atomic E-state index is 13.0. The molecule has 4 nitrogen and oxygen atoms in total. The van der Waals surface area contributed by atoms with Crippen molar-refractivity contribution in [3.8, 4) is 5.69 Å². The number of nitrogens with zero attached hydrogens (tertiary/aromatic N) is 3. The molecule has 33 heavy (non-hydrogen) atoms. The molecule has 0 radical (unpaired) electrons. The number of thioether (sulfide) groups is 1. The number of hydrogen-bond donors (Lipinski definition) is 0. The number of para-hydroxylation sites is 1. The van der Waals surface area contributed by atoms with Gasteiger partial charge in [0.2, 0.25) is 0 Å². The third kappa shape index (κ3) is 4.30. The lowest BCUT2D eigenvalue weighted by atomic mass is 10.1. The fourth-order valence-corrected chi connectivity index (χ4v) is 5.28. The normalized spacial score (nSPS) is 16.5. The van der Waals surface area contributed by atoms with Gasteiger partial charge in [-0.15, -0.1) is 0 Å². The Labute approximate surface area is 201 Å². The maximum atomic E-state index is 13.0. The first-order valence-electron chi connectivity index (χ1n) is 11.3. The number of carbonyl (C=O) groups excluding carboxylic acids is 1. The molecule has 0 unspecified atom stereocenters. The minimum absolute atomic E-state index is 0.0162. The largest absolute Gasteiger partial charge is 0.317 e.